The Labute approximate surface area is 192 Å². The highest BCUT2D eigenvalue weighted by Crippen LogP contribution is 2.34. The molecule has 0 saturated carbocycles. The van der Waals surface area contributed by atoms with E-state index >= 15 is 0 Å². The Bertz CT molecular complexity index is 1340. The van der Waals surface area contributed by atoms with E-state index in [4.69, 9.17) is 9.47 Å². The molecular weight excluding hydrogens is 450 g/mol. The summed E-state index contributed by atoms with van der Waals surface area (Å²) in [5.41, 5.74) is -0.0830. The molecule has 0 fully saturated rings. The molecule has 0 aliphatic rings. The predicted octanol–water partition coefficient (Wildman–Crippen LogP) is 1.98. The molecule has 3 rings (SSSR count). The maximum atomic E-state index is 12.5. The maximum Gasteiger partial charge on any atom is 0.341 e. The lowest BCUT2D eigenvalue weighted by Gasteiger charge is -2.09. The molecule has 174 valence electrons. The van der Waals surface area contributed by atoms with E-state index in [2.05, 4.69) is 10.4 Å². The maximum absolute atomic E-state index is 12.5. The molecule has 0 saturated heterocycles. The zero-order valence-corrected chi connectivity index (χ0v) is 19.2. The third-order valence-electron chi connectivity index (χ3n) is 4.83. The van der Waals surface area contributed by atoms with Gasteiger partial charge >= 0.3 is 11.9 Å². The minimum Gasteiger partial charge on any atom is -0.462 e. The fraction of sp³-hybridized carbons (Fsp3) is 0.318. The SMILES string of the molecule is CCOC(=O)c1c(NC(=O)COC(=O)Cn2[nH]c(=O)c3ccccc3c2=O)sc(CC)c1C. The number of ether oxygens (including phenoxy) is 2. The summed E-state index contributed by atoms with van der Waals surface area (Å²) in [5, 5.41) is 5.60. The Morgan fingerprint density at radius 3 is 2.45 bits per heavy atom. The molecule has 1 aromatic carbocycles. The molecule has 0 atom stereocenters. The molecule has 0 spiro atoms. The monoisotopic (exact) mass is 473 g/mol. The molecule has 0 aliphatic heterocycles. The van der Waals surface area contributed by atoms with Crippen molar-refractivity contribution < 1.29 is 23.9 Å². The van der Waals surface area contributed by atoms with Crippen molar-refractivity contribution in [2.45, 2.75) is 33.7 Å². The number of rotatable bonds is 8. The number of benzene rings is 1. The van der Waals surface area contributed by atoms with Gasteiger partial charge in [-0.15, -0.1) is 11.3 Å². The first-order valence-corrected chi connectivity index (χ1v) is 11.0. The average Bonchev–Trinajstić information content (AvgIpc) is 3.10. The lowest BCUT2D eigenvalue weighted by Crippen LogP contribution is -2.33. The number of amides is 1. The fourth-order valence-electron chi connectivity index (χ4n) is 3.28. The van der Waals surface area contributed by atoms with Gasteiger partial charge in [0.15, 0.2) is 6.61 Å². The van der Waals surface area contributed by atoms with Gasteiger partial charge in [0.2, 0.25) is 0 Å². The molecular formula is C22H23N3O7S. The number of hydrogen-bond donors (Lipinski definition) is 2. The molecule has 3 aromatic rings. The van der Waals surface area contributed by atoms with E-state index in [1.807, 2.05) is 6.92 Å². The summed E-state index contributed by atoms with van der Waals surface area (Å²) in [6.45, 7) is 4.38. The molecule has 2 heterocycles. The number of thiophene rings is 1. The van der Waals surface area contributed by atoms with Crippen LogP contribution in [0, 0.1) is 6.92 Å². The van der Waals surface area contributed by atoms with Crippen LogP contribution in [0.4, 0.5) is 5.00 Å². The number of aromatic nitrogens is 2. The number of esters is 2. The van der Waals surface area contributed by atoms with Crippen LogP contribution < -0.4 is 16.4 Å². The number of anilines is 1. The molecule has 0 bridgehead atoms. The third-order valence-corrected chi connectivity index (χ3v) is 6.19. The summed E-state index contributed by atoms with van der Waals surface area (Å²) in [6, 6.07) is 6.22. The molecule has 0 radical (unpaired) electrons. The van der Waals surface area contributed by atoms with Crippen LogP contribution in [-0.4, -0.2) is 40.8 Å². The topological polar surface area (TPSA) is 137 Å². The summed E-state index contributed by atoms with van der Waals surface area (Å²) >= 11 is 1.25. The Kier molecular flexibility index (Phi) is 7.44. The summed E-state index contributed by atoms with van der Waals surface area (Å²) in [7, 11) is 0. The van der Waals surface area contributed by atoms with Crippen molar-refractivity contribution in [1.82, 2.24) is 9.78 Å². The normalized spacial score (nSPS) is 10.8. The number of carbonyl (C=O) groups excluding carboxylic acids is 3. The lowest BCUT2D eigenvalue weighted by atomic mass is 10.1. The highest BCUT2D eigenvalue weighted by molar-refractivity contribution is 7.17. The minimum atomic E-state index is -0.889. The van der Waals surface area contributed by atoms with Crippen LogP contribution in [0.3, 0.4) is 0 Å². The van der Waals surface area contributed by atoms with Gasteiger partial charge in [0.1, 0.15) is 11.5 Å². The smallest absolute Gasteiger partial charge is 0.341 e. The van der Waals surface area contributed by atoms with Crippen LogP contribution in [0.2, 0.25) is 0 Å². The van der Waals surface area contributed by atoms with Crippen LogP contribution in [-0.2, 0) is 32.0 Å². The predicted molar refractivity (Wildman–Crippen MR) is 123 cm³/mol. The van der Waals surface area contributed by atoms with Gasteiger partial charge < -0.3 is 14.8 Å². The second-order valence-corrected chi connectivity index (χ2v) is 8.12. The number of fused-ring (bicyclic) bond motifs is 1. The van der Waals surface area contributed by atoms with Gasteiger partial charge in [-0.25, -0.2) is 9.48 Å². The van der Waals surface area contributed by atoms with Crippen LogP contribution in [0.5, 0.6) is 0 Å². The van der Waals surface area contributed by atoms with E-state index in [0.29, 0.717) is 11.4 Å². The number of aromatic amines is 1. The highest BCUT2D eigenvalue weighted by Gasteiger charge is 2.23. The number of aryl methyl sites for hydroxylation is 1. The number of carbonyl (C=O) groups is 3. The Morgan fingerprint density at radius 1 is 1.09 bits per heavy atom. The Morgan fingerprint density at radius 2 is 1.79 bits per heavy atom. The minimum absolute atomic E-state index is 0.165. The second kappa shape index (κ2) is 10.3. The molecule has 10 nitrogen and oxygen atoms in total. The molecule has 0 unspecified atom stereocenters. The van der Waals surface area contributed by atoms with Gasteiger partial charge in [0.05, 0.1) is 22.9 Å². The quantitative estimate of drug-likeness (QED) is 0.477. The molecule has 0 aliphatic carbocycles. The number of H-pyrrole nitrogens is 1. The van der Waals surface area contributed by atoms with Gasteiger partial charge in [-0.3, -0.25) is 24.3 Å². The fourth-order valence-corrected chi connectivity index (χ4v) is 4.43. The van der Waals surface area contributed by atoms with Gasteiger partial charge in [0.25, 0.3) is 17.0 Å². The van der Waals surface area contributed by atoms with Crippen molar-refractivity contribution in [2.24, 2.45) is 0 Å². The van der Waals surface area contributed by atoms with Crippen LogP contribution in [0.1, 0.15) is 34.6 Å². The molecule has 33 heavy (non-hydrogen) atoms. The zero-order chi connectivity index (χ0) is 24.1. The first-order chi connectivity index (χ1) is 15.8. The van der Waals surface area contributed by atoms with Gasteiger partial charge in [0, 0.05) is 4.88 Å². The summed E-state index contributed by atoms with van der Waals surface area (Å²) in [6.07, 6.45) is 0.673. The molecule has 2 N–H and O–H groups in total. The molecule has 11 heteroatoms. The average molecular weight is 474 g/mol. The summed E-state index contributed by atoms with van der Waals surface area (Å²) in [4.78, 5) is 62.3. The van der Waals surface area contributed by atoms with Crippen molar-refractivity contribution in [1.29, 1.82) is 0 Å². The Balaban J connectivity index is 1.68. The highest BCUT2D eigenvalue weighted by atomic mass is 32.1. The van der Waals surface area contributed by atoms with E-state index in [1.54, 1.807) is 26.0 Å². The van der Waals surface area contributed by atoms with Crippen molar-refractivity contribution in [3.8, 4) is 0 Å². The van der Waals surface area contributed by atoms with E-state index in [-0.39, 0.29) is 22.9 Å². The second-order valence-electron chi connectivity index (χ2n) is 7.02. The third kappa shape index (κ3) is 5.20. The largest absolute Gasteiger partial charge is 0.462 e. The lowest BCUT2D eigenvalue weighted by molar-refractivity contribution is -0.148. The van der Waals surface area contributed by atoms with Gasteiger partial charge in [-0.1, -0.05) is 19.1 Å². The zero-order valence-electron chi connectivity index (χ0n) is 18.4. The summed E-state index contributed by atoms with van der Waals surface area (Å²) in [5.74, 6) is -2.09. The van der Waals surface area contributed by atoms with Gasteiger partial charge in [-0.05, 0) is 38.0 Å². The van der Waals surface area contributed by atoms with Crippen molar-refractivity contribution in [3.05, 3.63) is 61.0 Å². The van der Waals surface area contributed by atoms with E-state index in [9.17, 15) is 24.0 Å². The molecule has 2 aromatic heterocycles. The first kappa shape index (κ1) is 23.9. The first-order valence-electron chi connectivity index (χ1n) is 10.2. The molecule has 1 amide bonds. The van der Waals surface area contributed by atoms with Crippen molar-refractivity contribution in [3.63, 3.8) is 0 Å². The van der Waals surface area contributed by atoms with Gasteiger partial charge in [-0.2, -0.15) is 0 Å². The van der Waals surface area contributed by atoms with E-state index < -0.39 is 42.1 Å². The number of nitrogens with zero attached hydrogens (tertiary/aromatic N) is 1. The standard InChI is InChI=1S/C22H23N3O7S/c1-4-15-12(3)18(22(30)31-5-2)20(33-15)23-16(26)11-32-17(27)10-25-21(29)14-9-7-6-8-13(14)19(28)24-25/h6-9H,4-5,10-11H2,1-3H3,(H,23,26)(H,24,28). The van der Waals surface area contributed by atoms with Crippen LogP contribution >= 0.6 is 11.3 Å². The Hall–Kier alpha value is -3.73. The van der Waals surface area contributed by atoms with E-state index in [1.165, 1.54) is 23.5 Å². The number of hydrogen-bond acceptors (Lipinski definition) is 8. The van der Waals surface area contributed by atoms with Crippen LogP contribution in [0.25, 0.3) is 10.8 Å². The van der Waals surface area contributed by atoms with Crippen LogP contribution in [0.15, 0.2) is 33.9 Å². The van der Waals surface area contributed by atoms with Crippen molar-refractivity contribution >= 4 is 45.0 Å². The summed E-state index contributed by atoms with van der Waals surface area (Å²) < 4.78 is 10.9. The number of nitrogens with one attached hydrogen (secondary N) is 2. The van der Waals surface area contributed by atoms with Crippen molar-refractivity contribution in [2.75, 3.05) is 18.5 Å². The van der Waals surface area contributed by atoms with E-state index in [0.717, 1.165) is 15.1 Å².